The SMILES string of the molecule is C=C.CC1CCOC1. The van der Waals surface area contributed by atoms with Gasteiger partial charge in [-0.15, -0.1) is 13.2 Å². The van der Waals surface area contributed by atoms with Crippen LogP contribution in [0.3, 0.4) is 0 Å². The van der Waals surface area contributed by atoms with E-state index >= 15 is 0 Å². The van der Waals surface area contributed by atoms with Crippen molar-refractivity contribution in [2.45, 2.75) is 13.3 Å². The van der Waals surface area contributed by atoms with Crippen LogP contribution in [0.2, 0.25) is 0 Å². The van der Waals surface area contributed by atoms with Gasteiger partial charge in [0, 0.05) is 13.2 Å². The van der Waals surface area contributed by atoms with Gasteiger partial charge in [0.15, 0.2) is 0 Å². The average molecular weight is 114 g/mol. The van der Waals surface area contributed by atoms with Crippen LogP contribution in [0.4, 0.5) is 0 Å². The van der Waals surface area contributed by atoms with Gasteiger partial charge in [-0.05, 0) is 12.3 Å². The molecule has 1 atom stereocenters. The van der Waals surface area contributed by atoms with Gasteiger partial charge in [-0.3, -0.25) is 0 Å². The summed E-state index contributed by atoms with van der Waals surface area (Å²) in [7, 11) is 0. The van der Waals surface area contributed by atoms with Crippen LogP contribution in [0.25, 0.3) is 0 Å². The van der Waals surface area contributed by atoms with E-state index in [4.69, 9.17) is 4.74 Å². The Morgan fingerprint density at radius 3 is 2.25 bits per heavy atom. The fourth-order valence-electron chi connectivity index (χ4n) is 0.652. The van der Waals surface area contributed by atoms with Crippen molar-refractivity contribution in [3.63, 3.8) is 0 Å². The molecule has 1 rings (SSSR count). The van der Waals surface area contributed by atoms with Gasteiger partial charge in [0.2, 0.25) is 0 Å². The molecule has 1 nitrogen and oxygen atoms in total. The van der Waals surface area contributed by atoms with E-state index < -0.39 is 0 Å². The smallest absolute Gasteiger partial charge is 0.0492 e. The molecule has 1 unspecified atom stereocenters. The first-order valence-electron chi connectivity index (χ1n) is 2.97. The minimum atomic E-state index is 0.824. The predicted molar refractivity (Wildman–Crippen MR) is 35.9 cm³/mol. The van der Waals surface area contributed by atoms with Gasteiger partial charge in [-0.2, -0.15) is 0 Å². The van der Waals surface area contributed by atoms with E-state index in [-0.39, 0.29) is 0 Å². The lowest BCUT2D eigenvalue weighted by Crippen LogP contribution is -1.88. The summed E-state index contributed by atoms with van der Waals surface area (Å²) in [6.45, 7) is 10.2. The average Bonchev–Trinajstić information content (AvgIpc) is 2.24. The summed E-state index contributed by atoms with van der Waals surface area (Å²) < 4.78 is 5.06. The van der Waals surface area contributed by atoms with Crippen molar-refractivity contribution in [1.29, 1.82) is 0 Å². The second kappa shape index (κ2) is 4.85. The molecule has 1 aliphatic rings. The molecule has 8 heavy (non-hydrogen) atoms. The summed E-state index contributed by atoms with van der Waals surface area (Å²) in [4.78, 5) is 0. The molecule has 1 saturated heterocycles. The van der Waals surface area contributed by atoms with Crippen molar-refractivity contribution in [3.8, 4) is 0 Å². The normalized spacial score (nSPS) is 26.4. The Morgan fingerprint density at radius 2 is 2.12 bits per heavy atom. The van der Waals surface area contributed by atoms with Gasteiger partial charge >= 0.3 is 0 Å². The van der Waals surface area contributed by atoms with Gasteiger partial charge in [-0.1, -0.05) is 6.92 Å². The zero-order chi connectivity index (χ0) is 6.41. The standard InChI is InChI=1S/C5H10O.C2H4/c1-5-2-3-6-4-5;1-2/h5H,2-4H2,1H3;1-2H2. The van der Waals surface area contributed by atoms with E-state index in [2.05, 4.69) is 20.1 Å². The molecule has 0 aliphatic carbocycles. The van der Waals surface area contributed by atoms with Crippen molar-refractivity contribution in [1.82, 2.24) is 0 Å². The van der Waals surface area contributed by atoms with Crippen LogP contribution >= 0.6 is 0 Å². The fourth-order valence-corrected chi connectivity index (χ4v) is 0.652. The summed E-state index contributed by atoms with van der Waals surface area (Å²) in [5, 5.41) is 0. The van der Waals surface area contributed by atoms with Crippen LogP contribution in [0.5, 0.6) is 0 Å². The number of hydrogen-bond donors (Lipinski definition) is 0. The van der Waals surface area contributed by atoms with Crippen LogP contribution < -0.4 is 0 Å². The summed E-state index contributed by atoms with van der Waals surface area (Å²) in [5.74, 6) is 0.824. The second-order valence-electron chi connectivity index (χ2n) is 1.97. The van der Waals surface area contributed by atoms with Gasteiger partial charge in [-0.25, -0.2) is 0 Å². The topological polar surface area (TPSA) is 9.23 Å². The van der Waals surface area contributed by atoms with E-state index in [1.54, 1.807) is 0 Å². The minimum Gasteiger partial charge on any atom is -0.381 e. The van der Waals surface area contributed by atoms with E-state index in [0.717, 1.165) is 19.1 Å². The zero-order valence-electron chi connectivity index (χ0n) is 5.52. The van der Waals surface area contributed by atoms with Crippen LogP contribution in [0, 0.1) is 5.92 Å². The molecule has 0 radical (unpaired) electrons. The maximum atomic E-state index is 5.06. The fraction of sp³-hybridized carbons (Fsp3) is 0.714. The van der Waals surface area contributed by atoms with Crippen LogP contribution in [0.15, 0.2) is 13.2 Å². The first-order valence-corrected chi connectivity index (χ1v) is 2.97. The molecule has 1 heterocycles. The lowest BCUT2D eigenvalue weighted by Gasteiger charge is -1.89. The molecule has 1 fully saturated rings. The highest BCUT2D eigenvalue weighted by Gasteiger charge is 2.07. The molecule has 0 amide bonds. The molecule has 0 bridgehead atoms. The Morgan fingerprint density at radius 1 is 1.50 bits per heavy atom. The first-order chi connectivity index (χ1) is 3.89. The van der Waals surface area contributed by atoms with Crippen molar-refractivity contribution in [3.05, 3.63) is 13.2 Å². The largest absolute Gasteiger partial charge is 0.381 e. The van der Waals surface area contributed by atoms with Crippen LogP contribution in [0.1, 0.15) is 13.3 Å². The molecule has 0 aromatic carbocycles. The van der Waals surface area contributed by atoms with E-state index in [9.17, 15) is 0 Å². The van der Waals surface area contributed by atoms with Crippen LogP contribution in [-0.4, -0.2) is 13.2 Å². The summed E-state index contributed by atoms with van der Waals surface area (Å²) in [6.07, 6.45) is 1.26. The lowest BCUT2D eigenvalue weighted by atomic mass is 10.2. The van der Waals surface area contributed by atoms with E-state index in [1.165, 1.54) is 6.42 Å². The van der Waals surface area contributed by atoms with Crippen molar-refractivity contribution in [2.75, 3.05) is 13.2 Å². The van der Waals surface area contributed by atoms with Crippen molar-refractivity contribution in [2.24, 2.45) is 5.92 Å². The van der Waals surface area contributed by atoms with Gasteiger partial charge < -0.3 is 4.74 Å². The maximum absolute atomic E-state index is 5.06. The Hall–Kier alpha value is -0.300. The highest BCUT2D eigenvalue weighted by Crippen LogP contribution is 2.09. The van der Waals surface area contributed by atoms with E-state index in [1.807, 2.05) is 0 Å². The quantitative estimate of drug-likeness (QED) is 0.437. The Labute approximate surface area is 51.4 Å². The molecule has 0 saturated carbocycles. The molecule has 0 N–H and O–H groups in total. The molecular formula is C7H14O. The van der Waals surface area contributed by atoms with Crippen LogP contribution in [-0.2, 0) is 4.74 Å². The summed E-state index contributed by atoms with van der Waals surface area (Å²) in [5.41, 5.74) is 0. The number of ether oxygens (including phenoxy) is 1. The molecule has 0 aromatic heterocycles. The Balaban J connectivity index is 0.000000222. The maximum Gasteiger partial charge on any atom is 0.0492 e. The Kier molecular flexibility index (Phi) is 4.67. The third kappa shape index (κ3) is 2.80. The predicted octanol–water partition coefficient (Wildman–Crippen LogP) is 1.84. The number of hydrogen-bond acceptors (Lipinski definition) is 1. The van der Waals surface area contributed by atoms with E-state index in [0.29, 0.717) is 0 Å². The monoisotopic (exact) mass is 114 g/mol. The van der Waals surface area contributed by atoms with Crippen molar-refractivity contribution < 1.29 is 4.74 Å². The summed E-state index contributed by atoms with van der Waals surface area (Å²) >= 11 is 0. The van der Waals surface area contributed by atoms with Gasteiger partial charge in [0.05, 0.1) is 0 Å². The molecule has 0 aromatic rings. The van der Waals surface area contributed by atoms with Gasteiger partial charge in [0.1, 0.15) is 0 Å². The van der Waals surface area contributed by atoms with Crippen molar-refractivity contribution >= 4 is 0 Å². The molecule has 48 valence electrons. The third-order valence-electron chi connectivity index (χ3n) is 1.16. The Bertz CT molecular complexity index is 46.3. The highest BCUT2D eigenvalue weighted by molar-refractivity contribution is 4.55. The minimum absolute atomic E-state index is 0.824. The third-order valence-corrected chi connectivity index (χ3v) is 1.16. The summed E-state index contributed by atoms with van der Waals surface area (Å²) in [6, 6.07) is 0. The highest BCUT2D eigenvalue weighted by atomic mass is 16.5. The molecular weight excluding hydrogens is 100 g/mol. The number of rotatable bonds is 0. The second-order valence-corrected chi connectivity index (χ2v) is 1.97. The molecule has 1 aliphatic heterocycles. The molecule has 1 heteroatoms. The first kappa shape index (κ1) is 7.70. The molecule has 0 spiro atoms. The zero-order valence-corrected chi connectivity index (χ0v) is 5.52. The van der Waals surface area contributed by atoms with Gasteiger partial charge in [0.25, 0.3) is 0 Å². The lowest BCUT2D eigenvalue weighted by molar-refractivity contribution is 0.188.